The van der Waals surface area contributed by atoms with E-state index in [2.05, 4.69) is 22.1 Å². The summed E-state index contributed by atoms with van der Waals surface area (Å²) in [5, 5.41) is 7.95. The highest BCUT2D eigenvalue weighted by atomic mass is 32.1. The fourth-order valence-corrected chi connectivity index (χ4v) is 2.63. The van der Waals surface area contributed by atoms with Gasteiger partial charge in [-0.2, -0.15) is 0 Å². The molecule has 0 aromatic carbocycles. The first-order chi connectivity index (χ1) is 7.25. The van der Waals surface area contributed by atoms with Crippen LogP contribution >= 0.6 is 23.6 Å². The van der Waals surface area contributed by atoms with Crippen LogP contribution in [0, 0.1) is 9.87 Å². The number of aromatic nitrogens is 2. The summed E-state index contributed by atoms with van der Waals surface area (Å²) in [6, 6.07) is 0. The molecule has 2 rings (SSSR count). The first-order valence-electron chi connectivity index (χ1n) is 5.10. The minimum absolute atomic E-state index is 0.723. The summed E-state index contributed by atoms with van der Waals surface area (Å²) in [5.41, 5.74) is 0. The number of H-pyrrole nitrogens is 1. The van der Waals surface area contributed by atoms with Gasteiger partial charge in [-0.15, -0.1) is 5.10 Å². The summed E-state index contributed by atoms with van der Waals surface area (Å²) in [4.78, 5) is 2.17. The Morgan fingerprint density at radius 1 is 1.60 bits per heavy atom. The van der Waals surface area contributed by atoms with E-state index < -0.39 is 0 Å². The Hall–Kier alpha value is -0.460. The molecule has 1 aromatic heterocycles. The maximum Gasteiger partial charge on any atom is 0.206 e. The molecule has 2 heterocycles. The van der Waals surface area contributed by atoms with E-state index in [9.17, 15) is 0 Å². The Morgan fingerprint density at radius 3 is 2.93 bits per heavy atom. The van der Waals surface area contributed by atoms with Gasteiger partial charge in [-0.25, -0.2) is 0 Å². The molecule has 0 saturated carbocycles. The van der Waals surface area contributed by atoms with Crippen LogP contribution < -0.4 is 4.90 Å². The number of nitrogens with zero attached hydrogens (tertiary/aromatic N) is 2. The molecular formula is C9H15N3OS2. The molecule has 1 aliphatic heterocycles. The smallest absolute Gasteiger partial charge is 0.206 e. The summed E-state index contributed by atoms with van der Waals surface area (Å²) >= 11 is 6.54. The summed E-state index contributed by atoms with van der Waals surface area (Å²) in [5.74, 6) is 0.723. The number of ether oxygens (including phenoxy) is 1. The maximum atomic E-state index is 5.34. The number of hydrogen-bond donors (Lipinski definition) is 1. The van der Waals surface area contributed by atoms with E-state index in [0.29, 0.717) is 0 Å². The highest BCUT2D eigenvalue weighted by molar-refractivity contribution is 7.73. The highest BCUT2D eigenvalue weighted by Crippen LogP contribution is 2.21. The maximum absolute atomic E-state index is 5.34. The summed E-state index contributed by atoms with van der Waals surface area (Å²) < 4.78 is 6.08. The van der Waals surface area contributed by atoms with Crippen molar-refractivity contribution < 1.29 is 4.74 Å². The first-order valence-corrected chi connectivity index (χ1v) is 6.32. The van der Waals surface area contributed by atoms with E-state index in [-0.39, 0.29) is 0 Å². The molecule has 1 aromatic rings. The zero-order valence-electron chi connectivity index (χ0n) is 8.73. The number of nitrogens with one attached hydrogen (secondary N) is 1. The first kappa shape index (κ1) is 11.0. The molecule has 0 spiro atoms. The van der Waals surface area contributed by atoms with E-state index in [1.54, 1.807) is 0 Å². The average molecular weight is 245 g/mol. The lowest BCUT2D eigenvalue weighted by molar-refractivity contribution is 0.0685. The molecule has 6 heteroatoms. The molecule has 0 aliphatic carbocycles. The lowest BCUT2D eigenvalue weighted by atomic mass is 10.0. The van der Waals surface area contributed by atoms with Crippen molar-refractivity contribution in [3.8, 4) is 0 Å². The second-order valence-electron chi connectivity index (χ2n) is 3.83. The van der Waals surface area contributed by atoms with Crippen LogP contribution in [0.3, 0.4) is 0 Å². The quantitative estimate of drug-likeness (QED) is 0.828. The Bertz CT molecular complexity index is 356. The van der Waals surface area contributed by atoms with Crippen molar-refractivity contribution in [2.75, 3.05) is 31.7 Å². The zero-order valence-corrected chi connectivity index (χ0v) is 10.4. The van der Waals surface area contributed by atoms with Crippen LogP contribution in [0.25, 0.3) is 0 Å². The van der Waals surface area contributed by atoms with Gasteiger partial charge in [0.2, 0.25) is 5.13 Å². The van der Waals surface area contributed by atoms with Gasteiger partial charge in [0.05, 0.1) is 0 Å². The van der Waals surface area contributed by atoms with Gasteiger partial charge in [0.25, 0.3) is 0 Å². The molecule has 1 saturated heterocycles. The van der Waals surface area contributed by atoms with Crippen LogP contribution in [0.1, 0.15) is 12.8 Å². The minimum atomic E-state index is 0.723. The third kappa shape index (κ3) is 2.99. The Labute approximate surface area is 98.3 Å². The second kappa shape index (κ2) is 5.05. The molecular weight excluding hydrogens is 230 g/mol. The fraction of sp³-hybridized carbons (Fsp3) is 0.778. The lowest BCUT2D eigenvalue weighted by Gasteiger charge is -2.26. The monoisotopic (exact) mass is 245 g/mol. The van der Waals surface area contributed by atoms with Crippen molar-refractivity contribution >= 4 is 28.7 Å². The van der Waals surface area contributed by atoms with Crippen molar-refractivity contribution in [1.29, 1.82) is 0 Å². The zero-order chi connectivity index (χ0) is 10.7. The topological polar surface area (TPSA) is 41.1 Å². The molecule has 1 fully saturated rings. The van der Waals surface area contributed by atoms with Gasteiger partial charge in [-0.3, -0.25) is 5.10 Å². The van der Waals surface area contributed by atoms with Crippen LogP contribution in [0.15, 0.2) is 0 Å². The van der Waals surface area contributed by atoms with Gasteiger partial charge >= 0.3 is 0 Å². The van der Waals surface area contributed by atoms with Crippen molar-refractivity contribution in [2.45, 2.75) is 12.8 Å². The van der Waals surface area contributed by atoms with Crippen LogP contribution in [-0.2, 0) is 4.74 Å². The van der Waals surface area contributed by atoms with Gasteiger partial charge in [0.1, 0.15) is 0 Å². The Kier molecular flexibility index (Phi) is 3.71. The molecule has 0 radical (unpaired) electrons. The fourth-order valence-electron chi connectivity index (χ4n) is 1.78. The van der Waals surface area contributed by atoms with Crippen LogP contribution in [0.5, 0.6) is 0 Å². The van der Waals surface area contributed by atoms with Gasteiger partial charge in [0, 0.05) is 26.8 Å². The number of rotatable bonds is 3. The summed E-state index contributed by atoms with van der Waals surface area (Å²) in [6.07, 6.45) is 2.31. The van der Waals surface area contributed by atoms with Gasteiger partial charge in [-0.1, -0.05) is 11.3 Å². The van der Waals surface area contributed by atoms with E-state index in [1.807, 2.05) is 0 Å². The van der Waals surface area contributed by atoms with Crippen molar-refractivity contribution in [3.63, 3.8) is 0 Å². The molecule has 0 atom stereocenters. The van der Waals surface area contributed by atoms with E-state index in [4.69, 9.17) is 17.0 Å². The predicted molar refractivity (Wildman–Crippen MR) is 64.1 cm³/mol. The molecule has 0 bridgehead atoms. The highest BCUT2D eigenvalue weighted by Gasteiger charge is 2.17. The van der Waals surface area contributed by atoms with E-state index >= 15 is 0 Å². The molecule has 84 valence electrons. The largest absolute Gasteiger partial charge is 0.381 e. The SMILES string of the molecule is CN(CC1CCOCC1)c1n[nH]c(=S)s1. The minimum Gasteiger partial charge on any atom is -0.381 e. The van der Waals surface area contributed by atoms with E-state index in [1.165, 1.54) is 11.3 Å². The van der Waals surface area contributed by atoms with Gasteiger partial charge in [-0.05, 0) is 31.0 Å². The molecule has 0 unspecified atom stereocenters. The average Bonchev–Trinajstić information content (AvgIpc) is 2.66. The van der Waals surface area contributed by atoms with Crippen LogP contribution in [-0.4, -0.2) is 37.0 Å². The van der Waals surface area contributed by atoms with Crippen LogP contribution in [0.4, 0.5) is 5.13 Å². The predicted octanol–water partition coefficient (Wildman–Crippen LogP) is 2.06. The third-order valence-corrected chi connectivity index (χ3v) is 3.83. The van der Waals surface area contributed by atoms with Crippen molar-refractivity contribution in [1.82, 2.24) is 10.2 Å². The molecule has 0 amide bonds. The van der Waals surface area contributed by atoms with Crippen LogP contribution in [0.2, 0.25) is 0 Å². The number of hydrogen-bond acceptors (Lipinski definition) is 5. The number of aromatic amines is 1. The van der Waals surface area contributed by atoms with Crippen molar-refractivity contribution in [3.05, 3.63) is 3.95 Å². The summed E-state index contributed by atoms with van der Waals surface area (Å²) in [7, 11) is 2.07. The van der Waals surface area contributed by atoms with Gasteiger partial charge in [0.15, 0.2) is 3.95 Å². The lowest BCUT2D eigenvalue weighted by Crippen LogP contribution is -2.29. The standard InChI is InChI=1S/C9H15N3OS2/c1-12(8-10-11-9(14)15-8)6-7-2-4-13-5-3-7/h7H,2-6H2,1H3,(H,11,14). The molecule has 1 aliphatic rings. The Morgan fingerprint density at radius 2 is 2.33 bits per heavy atom. The van der Waals surface area contributed by atoms with Gasteiger partial charge < -0.3 is 9.64 Å². The molecule has 4 nitrogen and oxygen atoms in total. The van der Waals surface area contributed by atoms with E-state index in [0.717, 1.165) is 47.6 Å². The molecule has 15 heavy (non-hydrogen) atoms. The normalized spacial score (nSPS) is 17.9. The number of anilines is 1. The molecule has 1 N–H and O–H groups in total. The Balaban J connectivity index is 1.90. The second-order valence-corrected chi connectivity index (χ2v) is 5.48. The van der Waals surface area contributed by atoms with Crippen molar-refractivity contribution in [2.24, 2.45) is 5.92 Å². The third-order valence-electron chi connectivity index (χ3n) is 2.63. The summed E-state index contributed by atoms with van der Waals surface area (Å²) in [6.45, 7) is 2.84.